The van der Waals surface area contributed by atoms with Crippen molar-refractivity contribution in [1.29, 1.82) is 0 Å². The van der Waals surface area contributed by atoms with Crippen LogP contribution in [0.4, 0.5) is 0 Å². The zero-order valence-electron chi connectivity index (χ0n) is 16.6. The summed E-state index contributed by atoms with van der Waals surface area (Å²) >= 11 is 5.08. The molecule has 1 aromatic rings. The van der Waals surface area contributed by atoms with Crippen LogP contribution in [0.2, 0.25) is 0 Å². The number of hydrogen-bond donors (Lipinski definition) is 3. The highest BCUT2D eigenvalue weighted by atomic mass is 32.1. The average molecular weight is 390 g/mol. The second kappa shape index (κ2) is 9.83. The molecule has 1 fully saturated rings. The third-order valence-corrected chi connectivity index (χ3v) is 5.26. The molecular weight excluding hydrogens is 358 g/mol. The Balaban J connectivity index is 1.71. The third kappa shape index (κ3) is 7.29. The molecule has 0 saturated heterocycles. The minimum atomic E-state index is -0.297. The molecule has 0 bridgehead atoms. The van der Waals surface area contributed by atoms with E-state index in [1.165, 1.54) is 32.1 Å². The van der Waals surface area contributed by atoms with Gasteiger partial charge in [0, 0.05) is 12.0 Å². The molecule has 6 heteroatoms. The topological polar surface area (TPSA) is 70.2 Å². The van der Waals surface area contributed by atoms with Gasteiger partial charge in [-0.3, -0.25) is 20.4 Å². The number of benzene rings is 1. The highest BCUT2D eigenvalue weighted by Gasteiger charge is 2.16. The fraction of sp³-hybridized carbons (Fsp3) is 0.571. The smallest absolute Gasteiger partial charge is 0.269 e. The third-order valence-electron chi connectivity index (χ3n) is 5.06. The first-order chi connectivity index (χ1) is 12.8. The number of carbonyl (C=O) groups excluding carboxylic acids is 2. The summed E-state index contributed by atoms with van der Waals surface area (Å²) in [4.78, 5) is 24.2. The molecule has 0 heterocycles. The van der Waals surface area contributed by atoms with Crippen LogP contribution in [0.1, 0.15) is 81.6 Å². The summed E-state index contributed by atoms with van der Waals surface area (Å²) in [6, 6.07) is 7.45. The maximum absolute atomic E-state index is 12.2. The predicted octanol–water partition coefficient (Wildman–Crippen LogP) is 3.98. The van der Waals surface area contributed by atoms with Crippen LogP contribution in [0, 0.1) is 5.92 Å². The van der Waals surface area contributed by atoms with E-state index in [4.69, 9.17) is 12.2 Å². The molecule has 27 heavy (non-hydrogen) atoms. The summed E-state index contributed by atoms with van der Waals surface area (Å²) in [6.07, 6.45) is 7.68. The fourth-order valence-electron chi connectivity index (χ4n) is 3.34. The predicted molar refractivity (Wildman–Crippen MR) is 112 cm³/mol. The molecule has 1 aliphatic carbocycles. The molecule has 1 saturated carbocycles. The van der Waals surface area contributed by atoms with E-state index in [0.29, 0.717) is 17.9 Å². The minimum absolute atomic E-state index is 0.0384. The van der Waals surface area contributed by atoms with Gasteiger partial charge >= 0.3 is 0 Å². The summed E-state index contributed by atoms with van der Waals surface area (Å²) in [5.41, 5.74) is 6.85. The van der Waals surface area contributed by atoms with Crippen molar-refractivity contribution >= 4 is 29.1 Å². The average Bonchev–Trinajstić information content (AvgIpc) is 2.64. The van der Waals surface area contributed by atoms with Gasteiger partial charge in [-0.1, -0.05) is 65.0 Å². The molecule has 2 rings (SSSR count). The van der Waals surface area contributed by atoms with Crippen LogP contribution in [0.3, 0.4) is 0 Å². The number of rotatable bonds is 4. The highest BCUT2D eigenvalue weighted by molar-refractivity contribution is 7.80. The van der Waals surface area contributed by atoms with Gasteiger partial charge in [-0.05, 0) is 47.7 Å². The van der Waals surface area contributed by atoms with E-state index in [1.807, 2.05) is 12.1 Å². The number of nitrogens with one attached hydrogen (secondary N) is 3. The van der Waals surface area contributed by atoms with E-state index in [-0.39, 0.29) is 22.3 Å². The van der Waals surface area contributed by atoms with Crippen molar-refractivity contribution in [3.63, 3.8) is 0 Å². The zero-order valence-corrected chi connectivity index (χ0v) is 17.4. The maximum atomic E-state index is 12.2. The minimum Gasteiger partial charge on any atom is -0.302 e. The molecule has 0 spiro atoms. The first-order valence-electron chi connectivity index (χ1n) is 9.76. The molecule has 0 atom stereocenters. The Bertz CT molecular complexity index is 659. The summed E-state index contributed by atoms with van der Waals surface area (Å²) in [7, 11) is 0. The summed E-state index contributed by atoms with van der Waals surface area (Å²) in [5, 5.41) is 2.74. The number of thiocarbonyl (C=S) groups is 1. The van der Waals surface area contributed by atoms with Crippen molar-refractivity contribution in [2.75, 3.05) is 0 Å². The lowest BCUT2D eigenvalue weighted by Gasteiger charge is -2.21. The number of carbonyl (C=O) groups is 2. The van der Waals surface area contributed by atoms with Crippen LogP contribution in [-0.4, -0.2) is 16.9 Å². The van der Waals surface area contributed by atoms with Crippen LogP contribution in [0.25, 0.3) is 0 Å². The molecule has 2 amide bonds. The number of hydrogen-bond acceptors (Lipinski definition) is 3. The Morgan fingerprint density at radius 3 is 2.26 bits per heavy atom. The van der Waals surface area contributed by atoms with Gasteiger partial charge in [-0.25, -0.2) is 0 Å². The lowest BCUT2D eigenvalue weighted by atomic mass is 9.86. The van der Waals surface area contributed by atoms with E-state index in [9.17, 15) is 9.59 Å². The van der Waals surface area contributed by atoms with Gasteiger partial charge in [0.15, 0.2) is 5.11 Å². The van der Waals surface area contributed by atoms with Gasteiger partial charge in [0.25, 0.3) is 5.91 Å². The Labute approximate surface area is 167 Å². The summed E-state index contributed by atoms with van der Waals surface area (Å²) in [5.74, 6) is 0.248. The number of amides is 2. The van der Waals surface area contributed by atoms with Gasteiger partial charge in [0.2, 0.25) is 5.91 Å². The highest BCUT2D eigenvalue weighted by Crippen LogP contribution is 2.27. The van der Waals surface area contributed by atoms with E-state index < -0.39 is 0 Å². The van der Waals surface area contributed by atoms with Crippen molar-refractivity contribution in [1.82, 2.24) is 16.2 Å². The monoisotopic (exact) mass is 389 g/mol. The first-order valence-corrected chi connectivity index (χ1v) is 10.2. The Hall–Kier alpha value is -1.95. The first kappa shape index (κ1) is 21.4. The normalized spacial score (nSPS) is 15.1. The molecule has 5 nitrogen and oxygen atoms in total. The molecule has 1 aromatic carbocycles. The second-order valence-electron chi connectivity index (χ2n) is 8.33. The fourth-order valence-corrected chi connectivity index (χ4v) is 3.50. The van der Waals surface area contributed by atoms with Gasteiger partial charge in [0.05, 0.1) is 0 Å². The van der Waals surface area contributed by atoms with E-state index in [0.717, 1.165) is 12.0 Å². The van der Waals surface area contributed by atoms with Crippen molar-refractivity contribution in [3.05, 3.63) is 35.4 Å². The largest absolute Gasteiger partial charge is 0.302 e. The van der Waals surface area contributed by atoms with Gasteiger partial charge in [-0.2, -0.15) is 0 Å². The second-order valence-corrected chi connectivity index (χ2v) is 8.73. The Kier molecular flexibility index (Phi) is 7.78. The van der Waals surface area contributed by atoms with Crippen LogP contribution in [0.15, 0.2) is 24.3 Å². The summed E-state index contributed by atoms with van der Waals surface area (Å²) in [6.45, 7) is 6.37. The lowest BCUT2D eigenvalue weighted by molar-refractivity contribution is -0.120. The molecular formula is C21H31N3O2S. The van der Waals surface area contributed by atoms with E-state index in [2.05, 4.69) is 36.9 Å². The molecule has 3 N–H and O–H groups in total. The Morgan fingerprint density at radius 1 is 1.04 bits per heavy atom. The molecule has 0 aliphatic heterocycles. The van der Waals surface area contributed by atoms with Crippen LogP contribution < -0.4 is 16.2 Å². The van der Waals surface area contributed by atoms with Gasteiger partial charge in [-0.15, -0.1) is 0 Å². The quantitative estimate of drug-likeness (QED) is 0.538. The van der Waals surface area contributed by atoms with Crippen LogP contribution in [-0.2, 0) is 10.2 Å². The van der Waals surface area contributed by atoms with Crippen molar-refractivity contribution in [2.24, 2.45) is 5.92 Å². The van der Waals surface area contributed by atoms with Crippen molar-refractivity contribution < 1.29 is 9.59 Å². The van der Waals surface area contributed by atoms with Gasteiger partial charge in [0.1, 0.15) is 0 Å². The van der Waals surface area contributed by atoms with Crippen molar-refractivity contribution in [2.45, 2.75) is 71.1 Å². The molecule has 1 aliphatic rings. The van der Waals surface area contributed by atoms with Crippen LogP contribution >= 0.6 is 12.2 Å². The maximum Gasteiger partial charge on any atom is 0.269 e. The lowest BCUT2D eigenvalue weighted by Crippen LogP contribution is -2.48. The summed E-state index contributed by atoms with van der Waals surface area (Å²) < 4.78 is 0. The van der Waals surface area contributed by atoms with Gasteiger partial charge < -0.3 is 5.32 Å². The molecule has 0 aromatic heterocycles. The van der Waals surface area contributed by atoms with Crippen LogP contribution in [0.5, 0.6) is 0 Å². The Morgan fingerprint density at radius 2 is 1.67 bits per heavy atom. The van der Waals surface area contributed by atoms with E-state index in [1.54, 1.807) is 12.1 Å². The molecule has 0 unspecified atom stereocenters. The SMILES string of the molecule is CC(C)(C)c1ccc(C(=O)NNC(=S)NC(=O)CCC2CCCCC2)cc1. The van der Waals surface area contributed by atoms with Crippen molar-refractivity contribution in [3.8, 4) is 0 Å². The molecule has 0 radical (unpaired) electrons. The van der Waals surface area contributed by atoms with E-state index >= 15 is 0 Å². The zero-order chi connectivity index (χ0) is 19.9. The standard InChI is InChI=1S/C21H31N3O2S/c1-21(2,3)17-12-10-16(11-13-17)19(26)23-24-20(27)22-18(25)14-9-15-7-5-4-6-8-15/h10-13,15H,4-9,14H2,1-3H3,(H,23,26)(H2,22,24,25,27). The molecule has 148 valence electrons. The number of hydrazine groups is 1.